The van der Waals surface area contributed by atoms with E-state index in [0.29, 0.717) is 17.0 Å². The van der Waals surface area contributed by atoms with Gasteiger partial charge in [-0.15, -0.1) is 0 Å². The summed E-state index contributed by atoms with van der Waals surface area (Å²) in [6.45, 7) is 0. The van der Waals surface area contributed by atoms with E-state index in [1.165, 1.54) is 19.4 Å². The molecule has 1 N–H and O–H groups in total. The van der Waals surface area contributed by atoms with Crippen LogP contribution >= 0.6 is 0 Å². The fourth-order valence-electron chi connectivity index (χ4n) is 2.14. The largest absolute Gasteiger partial charge is 0.497 e. The molecule has 0 bridgehead atoms. The molecule has 2 radical (unpaired) electrons. The van der Waals surface area contributed by atoms with Crippen molar-refractivity contribution in [3.05, 3.63) is 47.8 Å². The van der Waals surface area contributed by atoms with Gasteiger partial charge >= 0.3 is 6.18 Å². The molecule has 0 aliphatic carbocycles. The van der Waals surface area contributed by atoms with Crippen LogP contribution in [0.4, 0.5) is 13.2 Å². The van der Waals surface area contributed by atoms with Crippen LogP contribution in [-0.2, 0) is 22.7 Å². The maximum absolute atomic E-state index is 12.7. The first-order valence-corrected chi connectivity index (χ1v) is 8.13. The van der Waals surface area contributed by atoms with E-state index in [1.807, 2.05) is 0 Å². The summed E-state index contributed by atoms with van der Waals surface area (Å²) in [5.74, 6) is 0.653. The summed E-state index contributed by atoms with van der Waals surface area (Å²) >= 11 is 0. The average molecular weight is 395 g/mol. The van der Waals surface area contributed by atoms with Crippen LogP contribution in [0.5, 0.6) is 5.75 Å². The van der Waals surface area contributed by atoms with Gasteiger partial charge in [0.25, 0.3) is 0 Å². The molecule has 0 spiro atoms. The van der Waals surface area contributed by atoms with Crippen LogP contribution in [0.2, 0.25) is 0 Å². The Labute approximate surface area is 173 Å². The normalized spacial score (nSPS) is 12.6. The van der Waals surface area contributed by atoms with Gasteiger partial charge in [-0.25, -0.2) is 4.98 Å². The molecule has 0 aliphatic rings. The van der Waals surface area contributed by atoms with E-state index in [9.17, 15) is 17.4 Å². The zero-order valence-electron chi connectivity index (χ0n) is 13.1. The third kappa shape index (κ3) is 4.72. The molecule has 1 atom stereocenters. The molecular weight excluding hydrogens is 383 g/mol. The van der Waals surface area contributed by atoms with Crippen LogP contribution in [0, 0.1) is 0 Å². The molecule has 10 heteroatoms. The third-order valence-corrected chi connectivity index (χ3v) is 4.49. The van der Waals surface area contributed by atoms with E-state index in [2.05, 4.69) is 15.0 Å². The topological polar surface area (TPSA) is 67.9 Å². The summed E-state index contributed by atoms with van der Waals surface area (Å²) in [7, 11) is -0.0635. The summed E-state index contributed by atoms with van der Waals surface area (Å²) < 4.78 is 55.6. The second-order valence-electron chi connectivity index (χ2n) is 4.95. The van der Waals surface area contributed by atoms with Crippen LogP contribution in [0.15, 0.2) is 41.7 Å². The Bertz CT molecular complexity index is 914. The van der Waals surface area contributed by atoms with Gasteiger partial charge in [-0.2, -0.15) is 13.2 Å². The number of alkyl halides is 3. The Morgan fingerprint density at radius 3 is 2.68 bits per heavy atom. The van der Waals surface area contributed by atoms with E-state index < -0.39 is 22.5 Å². The number of halogens is 3. The van der Waals surface area contributed by atoms with Crippen molar-refractivity contribution >= 4 is 59.6 Å². The number of aromatic amines is 1. The Morgan fingerprint density at radius 2 is 2.00 bits per heavy atom. The molecule has 2 heterocycles. The second kappa shape index (κ2) is 8.03. The predicted molar refractivity (Wildman–Crippen MR) is 87.8 cm³/mol. The van der Waals surface area contributed by atoms with Crippen molar-refractivity contribution in [1.29, 1.82) is 0 Å². The summed E-state index contributed by atoms with van der Waals surface area (Å²) in [4.78, 5) is 10.9. The molecule has 128 valence electrons. The van der Waals surface area contributed by atoms with Gasteiger partial charge in [-0.3, -0.25) is 9.19 Å². The van der Waals surface area contributed by atoms with E-state index >= 15 is 0 Å². The van der Waals surface area contributed by atoms with E-state index in [4.69, 9.17) is 4.74 Å². The van der Waals surface area contributed by atoms with Gasteiger partial charge < -0.3 is 9.72 Å². The monoisotopic (exact) mass is 395 g/mol. The molecule has 3 rings (SSSR count). The van der Waals surface area contributed by atoms with Gasteiger partial charge in [0, 0.05) is 50.0 Å². The Morgan fingerprint density at radius 1 is 1.24 bits per heavy atom. The first kappa shape index (κ1) is 20.2. The van der Waals surface area contributed by atoms with Gasteiger partial charge in [0.15, 0.2) is 5.16 Å². The molecule has 0 fully saturated rings. The maximum Gasteiger partial charge on any atom is 0.416 e. The van der Waals surface area contributed by atoms with Crippen LogP contribution in [0.3, 0.4) is 0 Å². The minimum absolute atomic E-state index is 0. The number of fused-ring (bicyclic) bond motifs is 1. The van der Waals surface area contributed by atoms with Crippen LogP contribution in [0.25, 0.3) is 11.0 Å². The Kier molecular flexibility index (Phi) is 6.47. The van der Waals surface area contributed by atoms with E-state index in [0.717, 1.165) is 12.1 Å². The molecule has 25 heavy (non-hydrogen) atoms. The number of imidazole rings is 1. The number of ether oxygens (including phenoxy) is 1. The fraction of sp³-hybridized carbons (Fsp3) is 0.200. The number of hydrogen-bond acceptors (Lipinski definition) is 4. The van der Waals surface area contributed by atoms with Gasteiger partial charge in [-0.05, 0) is 24.3 Å². The number of benzene rings is 1. The smallest absolute Gasteiger partial charge is 0.416 e. The molecule has 0 aliphatic heterocycles. The summed E-state index contributed by atoms with van der Waals surface area (Å²) in [6.07, 6.45) is -2.91. The minimum Gasteiger partial charge on any atom is -0.497 e. The standard InChI is InChI=1S/C15H12F3N3O2S.Ca/c1-23-11-4-5-19-10(7-11)8-24(22)14-20-12-3-2-9(15(16,17)18)6-13(12)21-14;/h2-7H,8H2,1H3,(H,20,21);. The minimum atomic E-state index is -4.44. The molecule has 1 aromatic carbocycles. The number of nitrogens with zero attached hydrogens (tertiary/aromatic N) is 2. The van der Waals surface area contributed by atoms with Crippen molar-refractivity contribution in [3.8, 4) is 5.75 Å². The average Bonchev–Trinajstić information content (AvgIpc) is 2.97. The SMILES string of the molecule is COc1ccnc(CS(=O)c2nc3ccc(C(F)(F)F)cc3[nH]2)c1.[Ca]. The number of methoxy groups -OCH3 is 1. The Hall–Kier alpha value is -1.16. The van der Waals surface area contributed by atoms with Crippen LogP contribution in [-0.4, -0.2) is 64.0 Å². The number of nitrogens with one attached hydrogen (secondary N) is 1. The van der Waals surface area contributed by atoms with Crippen molar-refractivity contribution in [3.63, 3.8) is 0 Å². The van der Waals surface area contributed by atoms with Gasteiger partial charge in [0.05, 0.1) is 46.0 Å². The van der Waals surface area contributed by atoms with E-state index in [1.54, 1.807) is 12.1 Å². The van der Waals surface area contributed by atoms with Crippen molar-refractivity contribution in [2.75, 3.05) is 7.11 Å². The molecule has 5 nitrogen and oxygen atoms in total. The van der Waals surface area contributed by atoms with Crippen molar-refractivity contribution < 1.29 is 22.1 Å². The molecule has 0 saturated heterocycles. The predicted octanol–water partition coefficient (Wildman–Crippen LogP) is 2.91. The summed E-state index contributed by atoms with van der Waals surface area (Å²) in [5, 5.41) is 0.106. The first-order chi connectivity index (χ1) is 11.4. The zero-order valence-corrected chi connectivity index (χ0v) is 16.2. The molecular formula is C15H12CaF3N3O2S. The molecule has 0 amide bonds. The first-order valence-electron chi connectivity index (χ1n) is 6.81. The van der Waals surface area contributed by atoms with Gasteiger partial charge in [0.2, 0.25) is 0 Å². The van der Waals surface area contributed by atoms with Gasteiger partial charge in [0.1, 0.15) is 5.75 Å². The van der Waals surface area contributed by atoms with Crippen molar-refractivity contribution in [2.45, 2.75) is 17.1 Å². The Balaban J connectivity index is 0.00000225. The number of hydrogen-bond donors (Lipinski definition) is 1. The summed E-state index contributed by atoms with van der Waals surface area (Å²) in [5.41, 5.74) is 0.256. The summed E-state index contributed by atoms with van der Waals surface area (Å²) in [6, 6.07) is 6.44. The zero-order chi connectivity index (χ0) is 17.3. The molecule has 3 aromatic rings. The molecule has 2 aromatic heterocycles. The molecule has 1 unspecified atom stereocenters. The number of pyridine rings is 1. The van der Waals surface area contributed by atoms with Crippen molar-refractivity contribution in [1.82, 2.24) is 15.0 Å². The van der Waals surface area contributed by atoms with Crippen molar-refractivity contribution in [2.24, 2.45) is 0 Å². The third-order valence-electron chi connectivity index (χ3n) is 3.31. The van der Waals surface area contributed by atoms with Crippen LogP contribution in [0.1, 0.15) is 11.3 Å². The number of rotatable bonds is 4. The van der Waals surface area contributed by atoms with Crippen LogP contribution < -0.4 is 4.74 Å². The second-order valence-corrected chi connectivity index (χ2v) is 6.31. The fourth-order valence-corrected chi connectivity index (χ4v) is 3.12. The number of H-pyrrole nitrogens is 1. The number of aromatic nitrogens is 3. The maximum atomic E-state index is 12.7. The molecule has 0 saturated carbocycles. The van der Waals surface area contributed by atoms with E-state index in [-0.39, 0.29) is 54.2 Å². The quantitative estimate of drug-likeness (QED) is 0.690. The van der Waals surface area contributed by atoms with Gasteiger partial charge in [-0.1, -0.05) is 0 Å².